The molecule has 27 heavy (non-hydrogen) atoms. The molecule has 1 N–H and O–H groups in total. The summed E-state index contributed by atoms with van der Waals surface area (Å²) in [5.74, 6) is -0.0722. The van der Waals surface area contributed by atoms with Gasteiger partial charge in [-0.05, 0) is 36.8 Å². The van der Waals surface area contributed by atoms with E-state index in [0.29, 0.717) is 5.56 Å². The minimum Gasteiger partial charge on any atom is -0.379 e. The van der Waals surface area contributed by atoms with Crippen LogP contribution in [0.1, 0.15) is 24.2 Å². The molecule has 2 aromatic carbocycles. The first-order valence-corrected chi connectivity index (χ1v) is 9.54. The van der Waals surface area contributed by atoms with Gasteiger partial charge in [0.1, 0.15) is 0 Å². The van der Waals surface area contributed by atoms with Crippen molar-refractivity contribution in [2.45, 2.75) is 25.9 Å². The highest BCUT2D eigenvalue weighted by molar-refractivity contribution is 6.15. The molecule has 5 heteroatoms. The smallest absolute Gasteiger partial charge is 0.253 e. The fourth-order valence-corrected chi connectivity index (χ4v) is 3.81. The second kappa shape index (κ2) is 7.62. The third kappa shape index (κ3) is 3.53. The van der Waals surface area contributed by atoms with E-state index in [1.165, 1.54) is 0 Å². The van der Waals surface area contributed by atoms with Crippen LogP contribution in [0.5, 0.6) is 0 Å². The SMILES string of the molecule is C[C@H]([C@@H](C)NC(=O)c1cc2ccccc2c2cccnc12)N1CCOCC1. The van der Waals surface area contributed by atoms with Crippen LogP contribution in [0.4, 0.5) is 0 Å². The zero-order valence-corrected chi connectivity index (χ0v) is 15.8. The fourth-order valence-electron chi connectivity index (χ4n) is 3.81. The largest absolute Gasteiger partial charge is 0.379 e. The number of fused-ring (bicyclic) bond motifs is 3. The molecule has 0 unspecified atom stereocenters. The highest BCUT2D eigenvalue weighted by Gasteiger charge is 2.24. The molecule has 5 nitrogen and oxygen atoms in total. The molecule has 1 amide bonds. The summed E-state index contributed by atoms with van der Waals surface area (Å²) in [5.41, 5.74) is 1.38. The first kappa shape index (κ1) is 17.9. The Morgan fingerprint density at radius 3 is 2.67 bits per heavy atom. The van der Waals surface area contributed by atoms with E-state index in [4.69, 9.17) is 4.74 Å². The van der Waals surface area contributed by atoms with E-state index in [2.05, 4.69) is 35.1 Å². The van der Waals surface area contributed by atoms with Gasteiger partial charge in [-0.15, -0.1) is 0 Å². The van der Waals surface area contributed by atoms with Crippen molar-refractivity contribution in [1.82, 2.24) is 15.2 Å². The number of carbonyl (C=O) groups is 1. The molecule has 2 atom stereocenters. The van der Waals surface area contributed by atoms with E-state index in [9.17, 15) is 4.79 Å². The molecule has 1 saturated heterocycles. The average Bonchev–Trinajstić information content (AvgIpc) is 2.73. The molecule has 0 aliphatic carbocycles. The number of hydrogen-bond donors (Lipinski definition) is 1. The number of carbonyl (C=O) groups excluding carboxylic acids is 1. The van der Waals surface area contributed by atoms with Crippen LogP contribution >= 0.6 is 0 Å². The summed E-state index contributed by atoms with van der Waals surface area (Å²) in [5, 5.41) is 6.37. The lowest BCUT2D eigenvalue weighted by molar-refractivity contribution is 0.0137. The van der Waals surface area contributed by atoms with Gasteiger partial charge in [0.2, 0.25) is 0 Å². The molecule has 0 radical (unpaired) electrons. The Morgan fingerprint density at radius 1 is 1.11 bits per heavy atom. The lowest BCUT2D eigenvalue weighted by atomic mass is 10.00. The highest BCUT2D eigenvalue weighted by atomic mass is 16.5. The van der Waals surface area contributed by atoms with Crippen molar-refractivity contribution in [3.05, 3.63) is 54.2 Å². The summed E-state index contributed by atoms with van der Waals surface area (Å²) in [6, 6.07) is 14.3. The molecule has 4 rings (SSSR count). The number of pyridine rings is 1. The van der Waals surface area contributed by atoms with Crippen molar-refractivity contribution in [3.63, 3.8) is 0 Å². The van der Waals surface area contributed by atoms with Gasteiger partial charge < -0.3 is 10.1 Å². The highest BCUT2D eigenvalue weighted by Crippen LogP contribution is 2.27. The van der Waals surface area contributed by atoms with Crippen molar-refractivity contribution in [3.8, 4) is 0 Å². The van der Waals surface area contributed by atoms with Crippen LogP contribution in [0.15, 0.2) is 48.7 Å². The van der Waals surface area contributed by atoms with Crippen LogP contribution in [0, 0.1) is 0 Å². The Bertz CT molecular complexity index is 966. The molecule has 0 bridgehead atoms. The van der Waals surface area contributed by atoms with Crippen molar-refractivity contribution in [2.24, 2.45) is 0 Å². The van der Waals surface area contributed by atoms with Crippen LogP contribution in [-0.2, 0) is 4.74 Å². The summed E-state index contributed by atoms with van der Waals surface area (Å²) < 4.78 is 5.43. The Hall–Kier alpha value is -2.50. The summed E-state index contributed by atoms with van der Waals surface area (Å²) in [4.78, 5) is 20.0. The van der Waals surface area contributed by atoms with Crippen LogP contribution in [0.3, 0.4) is 0 Å². The second-order valence-electron chi connectivity index (χ2n) is 7.20. The molecule has 1 aliphatic heterocycles. The lowest BCUT2D eigenvalue weighted by Crippen LogP contribution is -2.52. The number of nitrogens with one attached hydrogen (secondary N) is 1. The number of aromatic nitrogens is 1. The average molecular weight is 363 g/mol. The zero-order valence-electron chi connectivity index (χ0n) is 15.8. The zero-order chi connectivity index (χ0) is 18.8. The molecule has 2 heterocycles. The topological polar surface area (TPSA) is 54.5 Å². The Balaban J connectivity index is 1.63. The molecule has 3 aromatic rings. The third-order valence-electron chi connectivity index (χ3n) is 5.56. The lowest BCUT2D eigenvalue weighted by Gasteiger charge is -2.35. The number of morpholine rings is 1. The fraction of sp³-hybridized carbons (Fsp3) is 0.364. The number of hydrogen-bond acceptors (Lipinski definition) is 4. The maximum absolute atomic E-state index is 13.1. The predicted molar refractivity (Wildman–Crippen MR) is 108 cm³/mol. The van der Waals surface area contributed by atoms with Crippen molar-refractivity contribution < 1.29 is 9.53 Å². The first-order valence-electron chi connectivity index (χ1n) is 9.54. The van der Waals surface area contributed by atoms with Crippen LogP contribution in [-0.4, -0.2) is 54.2 Å². The Kier molecular flexibility index (Phi) is 5.05. The Morgan fingerprint density at radius 2 is 1.85 bits per heavy atom. The molecular weight excluding hydrogens is 338 g/mol. The van der Waals surface area contributed by atoms with Crippen LogP contribution in [0.25, 0.3) is 21.7 Å². The van der Waals surface area contributed by atoms with E-state index in [-0.39, 0.29) is 18.0 Å². The molecular formula is C22H25N3O2. The minimum atomic E-state index is -0.0722. The molecule has 1 aromatic heterocycles. The van der Waals surface area contributed by atoms with Gasteiger partial charge in [-0.1, -0.05) is 30.3 Å². The molecule has 1 aliphatic rings. The normalized spacial score (nSPS) is 17.7. The van der Waals surface area contributed by atoms with Crippen LogP contribution in [0.2, 0.25) is 0 Å². The predicted octanol–water partition coefficient (Wildman–Crippen LogP) is 3.23. The quantitative estimate of drug-likeness (QED) is 0.723. The van der Waals surface area contributed by atoms with Crippen molar-refractivity contribution >= 4 is 27.6 Å². The van der Waals surface area contributed by atoms with Gasteiger partial charge in [-0.3, -0.25) is 14.7 Å². The van der Waals surface area contributed by atoms with Gasteiger partial charge >= 0.3 is 0 Å². The van der Waals surface area contributed by atoms with Gasteiger partial charge in [-0.25, -0.2) is 0 Å². The molecule has 0 spiro atoms. The summed E-state index contributed by atoms with van der Waals surface area (Å²) in [6.07, 6.45) is 1.74. The van der Waals surface area contributed by atoms with Gasteiger partial charge in [-0.2, -0.15) is 0 Å². The monoisotopic (exact) mass is 363 g/mol. The number of nitrogens with zero attached hydrogens (tertiary/aromatic N) is 2. The number of amides is 1. The van der Waals surface area contributed by atoms with E-state index in [1.807, 2.05) is 36.4 Å². The molecule has 1 fully saturated rings. The van der Waals surface area contributed by atoms with E-state index in [0.717, 1.165) is 48.0 Å². The molecule has 0 saturated carbocycles. The maximum atomic E-state index is 13.1. The summed E-state index contributed by atoms with van der Waals surface area (Å²) >= 11 is 0. The standard InChI is InChI=1S/C22H25N3O2/c1-15(16(2)25-10-12-27-13-11-25)24-22(26)20-14-17-6-3-4-7-18(17)19-8-5-9-23-21(19)20/h3-9,14-16H,10-13H2,1-2H3,(H,24,26)/t15-,16-/m1/s1. The van der Waals surface area contributed by atoms with E-state index in [1.54, 1.807) is 6.20 Å². The molecule has 140 valence electrons. The van der Waals surface area contributed by atoms with Gasteiger partial charge in [0.15, 0.2) is 0 Å². The van der Waals surface area contributed by atoms with Crippen LogP contribution < -0.4 is 5.32 Å². The van der Waals surface area contributed by atoms with Gasteiger partial charge in [0.05, 0.1) is 24.3 Å². The van der Waals surface area contributed by atoms with E-state index < -0.39 is 0 Å². The number of ether oxygens (including phenoxy) is 1. The maximum Gasteiger partial charge on any atom is 0.253 e. The van der Waals surface area contributed by atoms with Crippen molar-refractivity contribution in [1.29, 1.82) is 0 Å². The number of rotatable bonds is 4. The first-order chi connectivity index (χ1) is 13.1. The van der Waals surface area contributed by atoms with Gasteiger partial charge in [0, 0.05) is 36.8 Å². The summed E-state index contributed by atoms with van der Waals surface area (Å²) in [7, 11) is 0. The van der Waals surface area contributed by atoms with E-state index >= 15 is 0 Å². The number of benzene rings is 2. The Labute approximate surface area is 159 Å². The van der Waals surface area contributed by atoms with Gasteiger partial charge in [0.25, 0.3) is 5.91 Å². The minimum absolute atomic E-state index is 0.0285. The second-order valence-corrected chi connectivity index (χ2v) is 7.20. The third-order valence-corrected chi connectivity index (χ3v) is 5.56. The van der Waals surface area contributed by atoms with Crippen molar-refractivity contribution in [2.75, 3.05) is 26.3 Å². The summed E-state index contributed by atoms with van der Waals surface area (Å²) in [6.45, 7) is 7.54.